The zero-order valence-electron chi connectivity index (χ0n) is 11.8. The highest BCUT2D eigenvalue weighted by Crippen LogP contribution is 2.23. The third kappa shape index (κ3) is 4.96. The number of methoxy groups -OCH3 is 1. The van der Waals surface area contributed by atoms with Crippen molar-refractivity contribution in [2.45, 2.75) is 24.1 Å². The molecule has 0 radical (unpaired) electrons. The Bertz CT molecular complexity index is 531. The predicted molar refractivity (Wildman–Crippen MR) is 78.6 cm³/mol. The van der Waals surface area contributed by atoms with Gasteiger partial charge in [-0.1, -0.05) is 12.1 Å². The second-order valence-corrected chi connectivity index (χ2v) is 5.37. The van der Waals surface area contributed by atoms with Crippen LogP contribution in [0.25, 0.3) is 0 Å². The van der Waals surface area contributed by atoms with Gasteiger partial charge in [-0.15, -0.1) is 22.0 Å². The van der Waals surface area contributed by atoms with Crippen molar-refractivity contribution in [3.63, 3.8) is 0 Å². The van der Waals surface area contributed by atoms with Gasteiger partial charge in [0.15, 0.2) is 0 Å². The zero-order valence-corrected chi connectivity index (χ0v) is 12.6. The largest absolute Gasteiger partial charge is 0.425 e. The molecule has 6 heteroatoms. The van der Waals surface area contributed by atoms with E-state index in [1.54, 1.807) is 25.8 Å². The van der Waals surface area contributed by atoms with Crippen LogP contribution in [0.4, 0.5) is 0 Å². The fraction of sp³-hybridized carbons (Fsp3) is 0.429. The number of ether oxygens (including phenoxy) is 1. The van der Waals surface area contributed by atoms with E-state index in [0.29, 0.717) is 17.5 Å². The van der Waals surface area contributed by atoms with E-state index in [-0.39, 0.29) is 0 Å². The van der Waals surface area contributed by atoms with Gasteiger partial charge in [0.05, 0.1) is 12.4 Å². The van der Waals surface area contributed by atoms with Crippen LogP contribution in [-0.2, 0) is 17.0 Å². The average Bonchev–Trinajstić information content (AvgIpc) is 2.88. The third-order valence-corrected chi connectivity index (χ3v) is 3.62. The molecule has 1 aromatic carbocycles. The Labute approximate surface area is 123 Å². The lowest BCUT2D eigenvalue weighted by molar-refractivity contribution is 0.199. The van der Waals surface area contributed by atoms with Crippen molar-refractivity contribution in [1.82, 2.24) is 15.5 Å². The molecule has 0 amide bonds. The average molecular weight is 293 g/mol. The van der Waals surface area contributed by atoms with E-state index in [0.717, 1.165) is 19.7 Å². The summed E-state index contributed by atoms with van der Waals surface area (Å²) in [6.07, 6.45) is 0. The first kappa shape index (κ1) is 15.0. The summed E-state index contributed by atoms with van der Waals surface area (Å²) < 4.78 is 10.4. The van der Waals surface area contributed by atoms with Crippen LogP contribution >= 0.6 is 11.8 Å². The topological polar surface area (TPSA) is 60.2 Å². The van der Waals surface area contributed by atoms with Crippen LogP contribution in [0.1, 0.15) is 17.3 Å². The van der Waals surface area contributed by atoms with E-state index in [4.69, 9.17) is 9.15 Å². The van der Waals surface area contributed by atoms with Gasteiger partial charge in [-0.05, 0) is 17.7 Å². The number of hydrogen-bond donors (Lipinski definition) is 1. The van der Waals surface area contributed by atoms with E-state index >= 15 is 0 Å². The first-order valence-electron chi connectivity index (χ1n) is 6.48. The van der Waals surface area contributed by atoms with Crippen LogP contribution in [0.2, 0.25) is 0 Å². The van der Waals surface area contributed by atoms with Gasteiger partial charge in [0.25, 0.3) is 0 Å². The Kier molecular flexibility index (Phi) is 6.04. The van der Waals surface area contributed by atoms with Crippen molar-refractivity contribution in [2.75, 3.05) is 20.3 Å². The molecule has 0 aliphatic heterocycles. The van der Waals surface area contributed by atoms with Crippen molar-refractivity contribution in [2.24, 2.45) is 0 Å². The van der Waals surface area contributed by atoms with Gasteiger partial charge in [-0.25, -0.2) is 0 Å². The van der Waals surface area contributed by atoms with Crippen LogP contribution in [-0.4, -0.2) is 30.5 Å². The van der Waals surface area contributed by atoms with Crippen molar-refractivity contribution in [1.29, 1.82) is 0 Å². The Morgan fingerprint density at radius 1 is 1.35 bits per heavy atom. The van der Waals surface area contributed by atoms with E-state index in [1.165, 1.54) is 10.5 Å². The molecule has 0 aliphatic carbocycles. The smallest absolute Gasteiger partial charge is 0.226 e. The van der Waals surface area contributed by atoms with Crippen molar-refractivity contribution in [3.05, 3.63) is 41.6 Å². The standard InChI is InChI=1S/C14H19N3O2S/c1-11-16-17-14(19-11)10-20-13-5-3-4-12(8-13)9-15-6-7-18-2/h3-5,8,15H,6-7,9-10H2,1-2H3. The van der Waals surface area contributed by atoms with E-state index < -0.39 is 0 Å². The number of aryl methyl sites for hydroxylation is 1. The molecular formula is C14H19N3O2S. The fourth-order valence-electron chi connectivity index (χ4n) is 1.69. The molecule has 0 fully saturated rings. The van der Waals surface area contributed by atoms with Crippen molar-refractivity contribution in [3.8, 4) is 0 Å². The molecule has 0 saturated heterocycles. The molecule has 1 aromatic heterocycles. The Balaban J connectivity index is 1.82. The number of nitrogens with one attached hydrogen (secondary N) is 1. The van der Waals surface area contributed by atoms with Crippen LogP contribution in [0.3, 0.4) is 0 Å². The molecule has 1 N–H and O–H groups in total. The van der Waals surface area contributed by atoms with Crippen LogP contribution in [0.15, 0.2) is 33.6 Å². The molecule has 0 aliphatic rings. The molecule has 108 valence electrons. The predicted octanol–water partition coefficient (Wildman–Crippen LogP) is 2.41. The van der Waals surface area contributed by atoms with Crippen molar-refractivity contribution < 1.29 is 9.15 Å². The Morgan fingerprint density at radius 2 is 2.25 bits per heavy atom. The molecule has 0 bridgehead atoms. The van der Waals surface area contributed by atoms with Gasteiger partial charge in [0.1, 0.15) is 0 Å². The van der Waals surface area contributed by atoms with Gasteiger partial charge in [0.2, 0.25) is 11.8 Å². The minimum Gasteiger partial charge on any atom is -0.425 e. The molecule has 1 heterocycles. The maximum Gasteiger partial charge on any atom is 0.226 e. The maximum atomic E-state index is 5.36. The minimum atomic E-state index is 0.608. The molecule has 0 spiro atoms. The molecule has 5 nitrogen and oxygen atoms in total. The zero-order chi connectivity index (χ0) is 14.2. The number of hydrogen-bond acceptors (Lipinski definition) is 6. The summed E-state index contributed by atoms with van der Waals surface area (Å²) in [6, 6.07) is 8.44. The monoisotopic (exact) mass is 293 g/mol. The third-order valence-electron chi connectivity index (χ3n) is 2.64. The first-order valence-corrected chi connectivity index (χ1v) is 7.47. The lowest BCUT2D eigenvalue weighted by Gasteiger charge is -2.06. The summed E-state index contributed by atoms with van der Waals surface area (Å²) >= 11 is 1.70. The molecule has 2 rings (SSSR count). The fourth-order valence-corrected chi connectivity index (χ4v) is 2.51. The lowest BCUT2D eigenvalue weighted by atomic mass is 10.2. The molecule has 2 aromatic rings. The normalized spacial score (nSPS) is 10.9. The highest BCUT2D eigenvalue weighted by Gasteiger charge is 2.04. The number of benzene rings is 1. The second kappa shape index (κ2) is 8.04. The number of thioether (sulfide) groups is 1. The summed E-state index contributed by atoms with van der Waals surface area (Å²) in [7, 11) is 1.71. The van der Waals surface area contributed by atoms with Gasteiger partial charge in [-0.3, -0.25) is 0 Å². The first-order chi connectivity index (χ1) is 9.78. The highest BCUT2D eigenvalue weighted by molar-refractivity contribution is 7.98. The van der Waals surface area contributed by atoms with Crippen LogP contribution < -0.4 is 5.32 Å². The SMILES string of the molecule is COCCNCc1cccc(SCc2nnc(C)o2)c1. The molecule has 0 saturated carbocycles. The van der Waals surface area contributed by atoms with E-state index in [1.807, 2.05) is 0 Å². The van der Waals surface area contributed by atoms with E-state index in [9.17, 15) is 0 Å². The number of nitrogens with zero attached hydrogens (tertiary/aromatic N) is 2. The summed E-state index contributed by atoms with van der Waals surface area (Å²) in [4.78, 5) is 1.20. The second-order valence-electron chi connectivity index (χ2n) is 4.32. The van der Waals surface area contributed by atoms with Crippen LogP contribution in [0, 0.1) is 6.92 Å². The molecular weight excluding hydrogens is 274 g/mol. The summed E-state index contributed by atoms with van der Waals surface area (Å²) in [6.45, 7) is 4.23. The maximum absolute atomic E-state index is 5.36. The Hall–Kier alpha value is -1.37. The quantitative estimate of drug-likeness (QED) is 0.596. The summed E-state index contributed by atoms with van der Waals surface area (Å²) in [5.41, 5.74) is 1.26. The summed E-state index contributed by atoms with van der Waals surface area (Å²) in [5, 5.41) is 11.1. The lowest BCUT2D eigenvalue weighted by Crippen LogP contribution is -2.18. The van der Waals surface area contributed by atoms with Crippen molar-refractivity contribution >= 4 is 11.8 Å². The highest BCUT2D eigenvalue weighted by atomic mass is 32.2. The van der Waals surface area contributed by atoms with E-state index in [2.05, 4.69) is 39.8 Å². The molecule has 0 unspecified atom stereocenters. The number of aromatic nitrogens is 2. The van der Waals surface area contributed by atoms with Gasteiger partial charge in [0, 0.05) is 32.0 Å². The van der Waals surface area contributed by atoms with Gasteiger partial charge in [-0.2, -0.15) is 0 Å². The van der Waals surface area contributed by atoms with Gasteiger partial charge >= 0.3 is 0 Å². The Morgan fingerprint density at radius 3 is 3.00 bits per heavy atom. The molecule has 20 heavy (non-hydrogen) atoms. The number of rotatable bonds is 8. The summed E-state index contributed by atoms with van der Waals surface area (Å²) in [5.74, 6) is 1.97. The molecule has 0 atom stereocenters. The minimum absolute atomic E-state index is 0.608. The van der Waals surface area contributed by atoms with Crippen LogP contribution in [0.5, 0.6) is 0 Å². The van der Waals surface area contributed by atoms with Gasteiger partial charge < -0.3 is 14.5 Å².